The molecule has 3 N–H and O–H groups in total. The molecule has 22 heavy (non-hydrogen) atoms. The van der Waals surface area contributed by atoms with E-state index in [1.54, 1.807) is 6.92 Å². The standard InChI is InChI=1S/C17H20N2O3/c1-13(12-20)19-17(21)18-11-14-7-9-16(10-8-14)22-15-5-3-2-4-6-15/h2-10,13,20H,11-12H2,1H3,(H2,18,19,21)/t13-/m0/s1. The van der Waals surface area contributed by atoms with Crippen LogP contribution in [0.2, 0.25) is 0 Å². The molecule has 0 aliphatic rings. The lowest BCUT2D eigenvalue weighted by atomic mass is 10.2. The molecule has 0 fully saturated rings. The molecule has 0 aromatic heterocycles. The first-order valence-electron chi connectivity index (χ1n) is 7.14. The van der Waals surface area contributed by atoms with E-state index in [9.17, 15) is 4.79 Å². The van der Waals surface area contributed by atoms with Crippen molar-refractivity contribution in [3.05, 3.63) is 60.2 Å². The van der Waals surface area contributed by atoms with E-state index in [1.165, 1.54) is 0 Å². The molecule has 0 unspecified atom stereocenters. The van der Waals surface area contributed by atoms with Crippen LogP contribution < -0.4 is 15.4 Å². The highest BCUT2D eigenvalue weighted by atomic mass is 16.5. The molecular weight excluding hydrogens is 280 g/mol. The van der Waals surface area contributed by atoms with E-state index in [0.29, 0.717) is 6.54 Å². The Hall–Kier alpha value is -2.53. The van der Waals surface area contributed by atoms with Crippen molar-refractivity contribution in [2.75, 3.05) is 6.61 Å². The Kier molecular flexibility index (Phi) is 5.80. The van der Waals surface area contributed by atoms with Crippen LogP contribution in [0, 0.1) is 0 Å². The highest BCUT2D eigenvalue weighted by Crippen LogP contribution is 2.20. The van der Waals surface area contributed by atoms with Gasteiger partial charge in [0.05, 0.1) is 12.6 Å². The number of ether oxygens (including phenoxy) is 1. The number of amides is 2. The number of benzene rings is 2. The van der Waals surface area contributed by atoms with Crippen LogP contribution in [0.25, 0.3) is 0 Å². The summed E-state index contributed by atoms with van der Waals surface area (Å²) in [6.07, 6.45) is 0. The second kappa shape index (κ2) is 8.05. The molecule has 0 radical (unpaired) electrons. The van der Waals surface area contributed by atoms with Gasteiger partial charge in [0.2, 0.25) is 0 Å². The summed E-state index contributed by atoms with van der Waals surface area (Å²) in [5, 5.41) is 14.2. The summed E-state index contributed by atoms with van der Waals surface area (Å²) >= 11 is 0. The first-order chi connectivity index (χ1) is 10.7. The van der Waals surface area contributed by atoms with Crippen LogP contribution in [0.1, 0.15) is 12.5 Å². The first-order valence-corrected chi connectivity index (χ1v) is 7.14. The molecule has 5 heteroatoms. The second-order valence-corrected chi connectivity index (χ2v) is 4.97. The van der Waals surface area contributed by atoms with Crippen molar-refractivity contribution in [3.63, 3.8) is 0 Å². The quantitative estimate of drug-likeness (QED) is 0.768. The lowest BCUT2D eigenvalue weighted by Gasteiger charge is -2.12. The van der Waals surface area contributed by atoms with Crippen LogP contribution in [0.15, 0.2) is 54.6 Å². The van der Waals surface area contributed by atoms with Crippen molar-refractivity contribution in [2.24, 2.45) is 0 Å². The van der Waals surface area contributed by atoms with Crippen molar-refractivity contribution in [1.82, 2.24) is 10.6 Å². The summed E-state index contributed by atoms with van der Waals surface area (Å²) in [4.78, 5) is 11.5. The maximum absolute atomic E-state index is 11.5. The van der Waals surface area contributed by atoms with E-state index in [-0.39, 0.29) is 18.7 Å². The SMILES string of the molecule is C[C@@H](CO)NC(=O)NCc1ccc(Oc2ccccc2)cc1. The van der Waals surface area contributed by atoms with Crippen LogP contribution >= 0.6 is 0 Å². The lowest BCUT2D eigenvalue weighted by molar-refractivity contribution is 0.220. The number of carbonyl (C=O) groups is 1. The monoisotopic (exact) mass is 300 g/mol. The van der Waals surface area contributed by atoms with E-state index in [2.05, 4.69) is 10.6 Å². The minimum atomic E-state index is -0.300. The predicted octanol–water partition coefficient (Wildman–Crippen LogP) is 2.66. The van der Waals surface area contributed by atoms with Gasteiger partial charge in [-0.15, -0.1) is 0 Å². The van der Waals surface area contributed by atoms with E-state index >= 15 is 0 Å². The summed E-state index contributed by atoms with van der Waals surface area (Å²) < 4.78 is 5.70. The molecule has 0 heterocycles. The average Bonchev–Trinajstić information content (AvgIpc) is 2.55. The van der Waals surface area contributed by atoms with Crippen molar-refractivity contribution < 1.29 is 14.6 Å². The van der Waals surface area contributed by atoms with Gasteiger partial charge >= 0.3 is 6.03 Å². The Bertz CT molecular complexity index is 585. The third-order valence-electron chi connectivity index (χ3n) is 3.01. The zero-order chi connectivity index (χ0) is 15.8. The fourth-order valence-electron chi connectivity index (χ4n) is 1.80. The molecule has 0 spiro atoms. The Labute approximate surface area is 129 Å². The van der Waals surface area contributed by atoms with Gasteiger partial charge in [0.25, 0.3) is 0 Å². The smallest absolute Gasteiger partial charge is 0.315 e. The fraction of sp³-hybridized carbons (Fsp3) is 0.235. The Balaban J connectivity index is 1.83. The van der Waals surface area contributed by atoms with Crippen LogP contribution in [0.3, 0.4) is 0 Å². The summed E-state index contributed by atoms with van der Waals surface area (Å²) in [6, 6.07) is 16.5. The minimum absolute atomic E-state index is 0.0844. The predicted molar refractivity (Wildman–Crippen MR) is 84.9 cm³/mol. The Morgan fingerprint density at radius 1 is 1.09 bits per heavy atom. The van der Waals surface area contributed by atoms with Gasteiger partial charge in [-0.2, -0.15) is 0 Å². The fourth-order valence-corrected chi connectivity index (χ4v) is 1.80. The number of para-hydroxylation sites is 1. The van der Waals surface area contributed by atoms with Gasteiger partial charge in [-0.3, -0.25) is 0 Å². The second-order valence-electron chi connectivity index (χ2n) is 4.97. The van der Waals surface area contributed by atoms with E-state index in [1.807, 2.05) is 54.6 Å². The summed E-state index contributed by atoms with van der Waals surface area (Å²) in [7, 11) is 0. The van der Waals surface area contributed by atoms with Crippen molar-refractivity contribution >= 4 is 6.03 Å². The largest absolute Gasteiger partial charge is 0.457 e. The zero-order valence-electron chi connectivity index (χ0n) is 12.5. The highest BCUT2D eigenvalue weighted by Gasteiger charge is 2.05. The van der Waals surface area contributed by atoms with Gasteiger partial charge in [0, 0.05) is 6.54 Å². The number of hydrogen-bond acceptors (Lipinski definition) is 3. The topological polar surface area (TPSA) is 70.6 Å². The molecule has 0 aliphatic heterocycles. The van der Waals surface area contributed by atoms with Gasteiger partial charge in [-0.05, 0) is 36.8 Å². The minimum Gasteiger partial charge on any atom is -0.457 e. The van der Waals surface area contributed by atoms with Crippen LogP contribution in [-0.2, 0) is 6.54 Å². The number of hydrogen-bond donors (Lipinski definition) is 3. The highest BCUT2D eigenvalue weighted by molar-refractivity contribution is 5.74. The first kappa shape index (κ1) is 15.9. The van der Waals surface area contributed by atoms with Crippen molar-refractivity contribution in [3.8, 4) is 11.5 Å². The maximum atomic E-state index is 11.5. The molecule has 0 saturated carbocycles. The molecule has 5 nitrogen and oxygen atoms in total. The summed E-state index contributed by atoms with van der Waals surface area (Å²) in [6.45, 7) is 2.06. The van der Waals surface area contributed by atoms with Gasteiger partial charge in [-0.25, -0.2) is 4.79 Å². The lowest BCUT2D eigenvalue weighted by Crippen LogP contribution is -2.41. The Morgan fingerprint density at radius 3 is 2.36 bits per heavy atom. The summed E-state index contributed by atoms with van der Waals surface area (Å²) in [5.41, 5.74) is 0.965. The summed E-state index contributed by atoms with van der Waals surface area (Å²) in [5.74, 6) is 1.53. The van der Waals surface area contributed by atoms with Gasteiger partial charge in [0.15, 0.2) is 0 Å². The number of rotatable bonds is 6. The van der Waals surface area contributed by atoms with E-state index in [0.717, 1.165) is 17.1 Å². The number of urea groups is 1. The number of aliphatic hydroxyl groups excluding tert-OH is 1. The molecule has 116 valence electrons. The molecule has 0 saturated heterocycles. The van der Waals surface area contributed by atoms with Crippen LogP contribution in [-0.4, -0.2) is 23.8 Å². The van der Waals surface area contributed by atoms with E-state index in [4.69, 9.17) is 9.84 Å². The normalized spacial score (nSPS) is 11.5. The zero-order valence-corrected chi connectivity index (χ0v) is 12.5. The molecule has 2 aromatic rings. The molecular formula is C17H20N2O3. The molecule has 2 aromatic carbocycles. The van der Waals surface area contributed by atoms with Crippen LogP contribution in [0.5, 0.6) is 11.5 Å². The third-order valence-corrected chi connectivity index (χ3v) is 3.01. The maximum Gasteiger partial charge on any atom is 0.315 e. The van der Waals surface area contributed by atoms with Gasteiger partial charge < -0.3 is 20.5 Å². The third kappa shape index (κ3) is 5.10. The van der Waals surface area contributed by atoms with E-state index < -0.39 is 0 Å². The molecule has 2 rings (SSSR count). The molecule has 0 bridgehead atoms. The van der Waals surface area contributed by atoms with Gasteiger partial charge in [-0.1, -0.05) is 30.3 Å². The average molecular weight is 300 g/mol. The number of carbonyl (C=O) groups excluding carboxylic acids is 1. The van der Waals surface area contributed by atoms with Crippen LogP contribution in [0.4, 0.5) is 4.79 Å². The number of aliphatic hydroxyl groups is 1. The van der Waals surface area contributed by atoms with Crippen molar-refractivity contribution in [1.29, 1.82) is 0 Å². The molecule has 1 atom stereocenters. The van der Waals surface area contributed by atoms with Crippen molar-refractivity contribution in [2.45, 2.75) is 19.5 Å². The number of nitrogens with one attached hydrogen (secondary N) is 2. The Morgan fingerprint density at radius 2 is 1.73 bits per heavy atom. The molecule has 0 aliphatic carbocycles. The molecule has 2 amide bonds. The van der Waals surface area contributed by atoms with Gasteiger partial charge in [0.1, 0.15) is 11.5 Å².